The Morgan fingerprint density at radius 1 is 1.22 bits per heavy atom. The van der Waals surface area contributed by atoms with Crippen molar-refractivity contribution in [3.8, 4) is 17.1 Å². The molecule has 4 aromatic rings. The predicted octanol–water partition coefficient (Wildman–Crippen LogP) is 1.53. The van der Waals surface area contributed by atoms with Crippen molar-refractivity contribution in [2.24, 2.45) is 0 Å². The van der Waals surface area contributed by atoms with Gasteiger partial charge < -0.3 is 30.3 Å². The van der Waals surface area contributed by atoms with Crippen molar-refractivity contribution in [1.82, 2.24) is 29.8 Å². The highest BCUT2D eigenvalue weighted by Gasteiger charge is 2.47. The van der Waals surface area contributed by atoms with E-state index in [1.54, 1.807) is 24.5 Å². The van der Waals surface area contributed by atoms with Gasteiger partial charge in [0.1, 0.15) is 18.0 Å². The molecule has 1 fully saturated rings. The SMILES string of the molecule is CNC(=O)[C@@H]1OC(n2cnc3c(NCc4cccc(Cl)c4)nc(-c4cncc(OC)c4)nc32)C(O)C1O. The molecule has 0 saturated carbocycles. The van der Waals surface area contributed by atoms with Crippen LogP contribution in [-0.4, -0.2) is 73.1 Å². The minimum Gasteiger partial charge on any atom is -0.495 e. The number of benzene rings is 1. The maximum atomic E-state index is 12.2. The molecule has 4 atom stereocenters. The number of aliphatic hydroxyl groups is 2. The molecule has 1 aliphatic rings. The Morgan fingerprint density at radius 3 is 2.81 bits per heavy atom. The van der Waals surface area contributed by atoms with Gasteiger partial charge >= 0.3 is 0 Å². The first-order valence-electron chi connectivity index (χ1n) is 11.3. The third-order valence-electron chi connectivity index (χ3n) is 5.99. The van der Waals surface area contributed by atoms with E-state index in [0.717, 1.165) is 5.56 Å². The molecule has 3 unspecified atom stereocenters. The molecular formula is C24H24ClN7O5. The number of carbonyl (C=O) groups excluding carboxylic acids is 1. The summed E-state index contributed by atoms with van der Waals surface area (Å²) < 4.78 is 12.5. The molecule has 0 spiro atoms. The lowest BCUT2D eigenvalue weighted by Crippen LogP contribution is -2.41. The second kappa shape index (κ2) is 10.3. The number of aliphatic hydroxyl groups excluding tert-OH is 2. The summed E-state index contributed by atoms with van der Waals surface area (Å²) >= 11 is 6.13. The van der Waals surface area contributed by atoms with Gasteiger partial charge in [-0.1, -0.05) is 23.7 Å². The largest absolute Gasteiger partial charge is 0.495 e. The van der Waals surface area contributed by atoms with Gasteiger partial charge in [0.15, 0.2) is 35.1 Å². The number of carbonyl (C=O) groups is 1. The summed E-state index contributed by atoms with van der Waals surface area (Å²) in [4.78, 5) is 30.1. The van der Waals surface area contributed by atoms with Gasteiger partial charge in [0.25, 0.3) is 5.91 Å². The maximum Gasteiger partial charge on any atom is 0.251 e. The number of amides is 1. The summed E-state index contributed by atoms with van der Waals surface area (Å²) in [5, 5.41) is 27.4. The van der Waals surface area contributed by atoms with Crippen LogP contribution in [0.3, 0.4) is 0 Å². The van der Waals surface area contributed by atoms with E-state index in [4.69, 9.17) is 21.1 Å². The summed E-state index contributed by atoms with van der Waals surface area (Å²) in [6.07, 6.45) is -0.637. The van der Waals surface area contributed by atoms with E-state index in [9.17, 15) is 15.0 Å². The van der Waals surface area contributed by atoms with Crippen LogP contribution in [0, 0.1) is 0 Å². The average molecular weight is 526 g/mol. The van der Waals surface area contributed by atoms with Gasteiger partial charge in [-0.25, -0.2) is 15.0 Å². The quantitative estimate of drug-likeness (QED) is 0.279. The molecule has 37 heavy (non-hydrogen) atoms. The second-order valence-corrected chi connectivity index (χ2v) is 8.80. The monoisotopic (exact) mass is 525 g/mol. The summed E-state index contributed by atoms with van der Waals surface area (Å²) in [6.45, 7) is 0.398. The molecule has 0 bridgehead atoms. The number of halogens is 1. The van der Waals surface area contributed by atoms with Crippen LogP contribution in [0.5, 0.6) is 5.75 Å². The lowest BCUT2D eigenvalue weighted by Gasteiger charge is -2.17. The zero-order chi connectivity index (χ0) is 26.1. The highest BCUT2D eigenvalue weighted by Crippen LogP contribution is 2.34. The number of anilines is 1. The normalized spacial score (nSPS) is 21.2. The number of imidazole rings is 1. The number of likely N-dealkylation sites (N-methyl/N-ethyl adjacent to an activating group) is 1. The first-order chi connectivity index (χ1) is 17.9. The summed E-state index contributed by atoms with van der Waals surface area (Å²) in [6, 6.07) is 9.13. The number of fused-ring (bicyclic) bond motifs is 1. The molecule has 3 aromatic heterocycles. The second-order valence-electron chi connectivity index (χ2n) is 8.36. The van der Waals surface area contributed by atoms with Crippen molar-refractivity contribution < 1.29 is 24.5 Å². The molecule has 1 saturated heterocycles. The zero-order valence-corrected chi connectivity index (χ0v) is 20.6. The fourth-order valence-corrected chi connectivity index (χ4v) is 4.30. The van der Waals surface area contributed by atoms with E-state index in [1.807, 2.05) is 18.2 Å². The Hall–Kier alpha value is -3.84. The predicted molar refractivity (Wildman–Crippen MR) is 134 cm³/mol. The van der Waals surface area contributed by atoms with Crippen LogP contribution >= 0.6 is 11.6 Å². The van der Waals surface area contributed by atoms with E-state index in [1.165, 1.54) is 25.1 Å². The van der Waals surface area contributed by atoms with Gasteiger partial charge in [0.2, 0.25) is 0 Å². The fourth-order valence-electron chi connectivity index (χ4n) is 4.09. The van der Waals surface area contributed by atoms with Crippen molar-refractivity contribution in [1.29, 1.82) is 0 Å². The number of nitrogens with zero attached hydrogens (tertiary/aromatic N) is 5. The topological polar surface area (TPSA) is 157 Å². The van der Waals surface area contributed by atoms with E-state index < -0.39 is 30.4 Å². The summed E-state index contributed by atoms with van der Waals surface area (Å²) in [5.41, 5.74) is 2.22. The van der Waals surface area contributed by atoms with Crippen LogP contribution in [-0.2, 0) is 16.1 Å². The Labute approximate surface area is 216 Å². The van der Waals surface area contributed by atoms with Crippen LogP contribution in [0.15, 0.2) is 49.1 Å². The Kier molecular flexibility index (Phi) is 6.89. The van der Waals surface area contributed by atoms with Gasteiger partial charge in [-0.2, -0.15) is 0 Å². The van der Waals surface area contributed by atoms with Crippen molar-refractivity contribution in [2.45, 2.75) is 31.1 Å². The zero-order valence-electron chi connectivity index (χ0n) is 19.9. The average Bonchev–Trinajstić information content (AvgIpc) is 3.47. The molecule has 0 radical (unpaired) electrons. The van der Waals surface area contributed by atoms with Crippen molar-refractivity contribution in [3.05, 3.63) is 59.6 Å². The molecule has 192 valence electrons. The molecule has 1 amide bonds. The molecule has 4 heterocycles. The number of ether oxygens (including phenoxy) is 2. The van der Waals surface area contributed by atoms with Crippen LogP contribution < -0.4 is 15.4 Å². The number of hydrogen-bond acceptors (Lipinski definition) is 10. The van der Waals surface area contributed by atoms with Gasteiger partial charge in [0.05, 0.1) is 19.6 Å². The number of methoxy groups -OCH3 is 1. The number of nitrogens with one attached hydrogen (secondary N) is 2. The molecule has 1 aromatic carbocycles. The smallest absolute Gasteiger partial charge is 0.251 e. The van der Waals surface area contributed by atoms with Gasteiger partial charge in [0, 0.05) is 30.4 Å². The lowest BCUT2D eigenvalue weighted by atomic mass is 10.1. The Balaban J connectivity index is 1.59. The van der Waals surface area contributed by atoms with Gasteiger partial charge in [-0.15, -0.1) is 0 Å². The van der Waals surface area contributed by atoms with Crippen LogP contribution in [0.1, 0.15) is 11.8 Å². The number of aromatic nitrogens is 5. The van der Waals surface area contributed by atoms with E-state index in [-0.39, 0.29) is 0 Å². The highest BCUT2D eigenvalue weighted by atomic mass is 35.5. The third-order valence-corrected chi connectivity index (χ3v) is 6.23. The fraction of sp³-hybridized carbons (Fsp3) is 0.292. The van der Waals surface area contributed by atoms with Crippen LogP contribution in [0.2, 0.25) is 5.02 Å². The first-order valence-corrected chi connectivity index (χ1v) is 11.7. The standard InChI is InChI=1S/C24H24ClN7O5/c1-26-23(35)19-17(33)18(34)24(37-19)32-11-29-16-21(28-8-12-4-3-5-14(25)6-12)30-20(31-22(16)32)13-7-15(36-2)10-27-9-13/h3-7,9-11,17-19,24,33-34H,8H2,1-2H3,(H,26,35)(H,28,30,31)/t17?,18?,19-,24?/m1/s1. The number of rotatable bonds is 7. The van der Waals surface area contributed by atoms with Crippen molar-refractivity contribution >= 4 is 34.5 Å². The molecule has 5 rings (SSSR count). The minimum atomic E-state index is -1.44. The number of pyridine rings is 1. The summed E-state index contributed by atoms with van der Waals surface area (Å²) in [5.74, 6) is 0.692. The third kappa shape index (κ3) is 4.79. The van der Waals surface area contributed by atoms with Crippen LogP contribution in [0.25, 0.3) is 22.6 Å². The first kappa shape index (κ1) is 24.8. The summed E-state index contributed by atoms with van der Waals surface area (Å²) in [7, 11) is 2.95. The van der Waals surface area contributed by atoms with Crippen molar-refractivity contribution in [2.75, 3.05) is 19.5 Å². The molecular weight excluding hydrogens is 502 g/mol. The molecule has 0 aliphatic carbocycles. The van der Waals surface area contributed by atoms with Crippen LogP contribution in [0.4, 0.5) is 5.82 Å². The van der Waals surface area contributed by atoms with E-state index in [0.29, 0.717) is 45.7 Å². The molecule has 4 N–H and O–H groups in total. The molecule has 13 heteroatoms. The Bertz CT molecular complexity index is 1450. The molecule has 12 nitrogen and oxygen atoms in total. The van der Waals surface area contributed by atoms with E-state index >= 15 is 0 Å². The van der Waals surface area contributed by atoms with E-state index in [2.05, 4.69) is 30.6 Å². The highest BCUT2D eigenvalue weighted by molar-refractivity contribution is 6.30. The Morgan fingerprint density at radius 2 is 2.05 bits per heavy atom. The maximum absolute atomic E-state index is 12.2. The van der Waals surface area contributed by atoms with Crippen molar-refractivity contribution in [3.63, 3.8) is 0 Å². The number of hydrogen-bond donors (Lipinski definition) is 4. The van der Waals surface area contributed by atoms with Gasteiger partial charge in [-0.3, -0.25) is 14.3 Å². The lowest BCUT2D eigenvalue weighted by molar-refractivity contribution is -0.137. The minimum absolute atomic E-state index is 0.310. The van der Waals surface area contributed by atoms with Gasteiger partial charge in [-0.05, 0) is 23.8 Å². The molecule has 1 aliphatic heterocycles.